The van der Waals surface area contributed by atoms with E-state index in [4.69, 9.17) is 4.42 Å². The standard InChI is InChI=1S/C13H10O2S/c14-8-10-5-6-15-13(10)12-7-9-3-1-2-4-11(9)16-12/h1-7,14H,8H2. The molecule has 3 aromatic rings. The Labute approximate surface area is 96.8 Å². The van der Waals surface area contributed by atoms with Crippen LogP contribution in [0.15, 0.2) is 47.1 Å². The van der Waals surface area contributed by atoms with Gasteiger partial charge in [-0.15, -0.1) is 11.3 Å². The highest BCUT2D eigenvalue weighted by Gasteiger charge is 2.11. The molecular weight excluding hydrogens is 220 g/mol. The van der Waals surface area contributed by atoms with Gasteiger partial charge in [-0.05, 0) is 23.6 Å². The molecule has 2 heterocycles. The fraction of sp³-hybridized carbons (Fsp3) is 0.0769. The van der Waals surface area contributed by atoms with Crippen LogP contribution in [-0.4, -0.2) is 5.11 Å². The van der Waals surface area contributed by atoms with E-state index in [0.717, 1.165) is 16.2 Å². The van der Waals surface area contributed by atoms with Gasteiger partial charge in [0.25, 0.3) is 0 Å². The summed E-state index contributed by atoms with van der Waals surface area (Å²) in [6, 6.07) is 12.1. The SMILES string of the molecule is OCc1ccoc1-c1cc2ccccc2s1. The maximum absolute atomic E-state index is 9.19. The predicted molar refractivity (Wildman–Crippen MR) is 65.4 cm³/mol. The summed E-state index contributed by atoms with van der Waals surface area (Å²) in [5.74, 6) is 0.781. The van der Waals surface area contributed by atoms with E-state index in [1.807, 2.05) is 12.1 Å². The van der Waals surface area contributed by atoms with Crippen LogP contribution in [0.3, 0.4) is 0 Å². The lowest BCUT2D eigenvalue weighted by Gasteiger charge is -1.94. The summed E-state index contributed by atoms with van der Waals surface area (Å²) in [5, 5.41) is 10.4. The number of benzene rings is 1. The van der Waals surface area contributed by atoms with E-state index < -0.39 is 0 Å². The molecule has 0 saturated carbocycles. The molecule has 0 atom stereocenters. The topological polar surface area (TPSA) is 33.4 Å². The predicted octanol–water partition coefficient (Wildman–Crippen LogP) is 3.65. The van der Waals surface area contributed by atoms with Crippen LogP contribution >= 0.6 is 11.3 Å². The molecule has 1 aromatic carbocycles. The van der Waals surface area contributed by atoms with Gasteiger partial charge in [-0.1, -0.05) is 18.2 Å². The molecule has 1 N–H and O–H groups in total. The summed E-state index contributed by atoms with van der Waals surface area (Å²) < 4.78 is 6.66. The zero-order valence-electron chi connectivity index (χ0n) is 8.51. The Morgan fingerprint density at radius 3 is 2.88 bits per heavy atom. The van der Waals surface area contributed by atoms with Crippen LogP contribution in [0.1, 0.15) is 5.56 Å². The van der Waals surface area contributed by atoms with Gasteiger partial charge in [0, 0.05) is 10.3 Å². The van der Waals surface area contributed by atoms with Crippen LogP contribution in [0.2, 0.25) is 0 Å². The van der Waals surface area contributed by atoms with E-state index in [-0.39, 0.29) is 6.61 Å². The van der Waals surface area contributed by atoms with Crippen molar-refractivity contribution in [2.45, 2.75) is 6.61 Å². The van der Waals surface area contributed by atoms with Gasteiger partial charge in [0.2, 0.25) is 0 Å². The molecule has 0 radical (unpaired) electrons. The zero-order chi connectivity index (χ0) is 11.0. The molecule has 3 rings (SSSR count). The highest BCUT2D eigenvalue weighted by atomic mass is 32.1. The Bertz CT molecular complexity index is 588. The Morgan fingerprint density at radius 2 is 2.06 bits per heavy atom. The molecular formula is C13H10O2S. The number of thiophene rings is 1. The maximum atomic E-state index is 9.19. The second kappa shape index (κ2) is 3.77. The second-order valence-corrected chi connectivity index (χ2v) is 4.67. The van der Waals surface area contributed by atoms with E-state index in [1.54, 1.807) is 23.7 Å². The summed E-state index contributed by atoms with van der Waals surface area (Å²) in [6.07, 6.45) is 1.62. The van der Waals surface area contributed by atoms with Gasteiger partial charge >= 0.3 is 0 Å². The van der Waals surface area contributed by atoms with Crippen molar-refractivity contribution in [2.24, 2.45) is 0 Å². The molecule has 2 aromatic heterocycles. The molecule has 0 aliphatic rings. The number of fused-ring (bicyclic) bond motifs is 1. The third-order valence-electron chi connectivity index (χ3n) is 2.57. The van der Waals surface area contributed by atoms with E-state index in [0.29, 0.717) is 0 Å². The Balaban J connectivity index is 2.19. The summed E-state index contributed by atoms with van der Waals surface area (Å²) in [7, 11) is 0. The van der Waals surface area contributed by atoms with Crippen molar-refractivity contribution in [3.63, 3.8) is 0 Å². The van der Waals surface area contributed by atoms with Crippen LogP contribution in [0.25, 0.3) is 20.7 Å². The summed E-state index contributed by atoms with van der Waals surface area (Å²) in [6.45, 7) is 0.0140. The van der Waals surface area contributed by atoms with E-state index in [9.17, 15) is 5.11 Å². The number of hydrogen-bond acceptors (Lipinski definition) is 3. The van der Waals surface area contributed by atoms with Gasteiger partial charge in [-0.2, -0.15) is 0 Å². The fourth-order valence-corrected chi connectivity index (χ4v) is 2.86. The normalized spacial score (nSPS) is 11.1. The van der Waals surface area contributed by atoms with Crippen LogP contribution in [0.4, 0.5) is 0 Å². The molecule has 0 amide bonds. The van der Waals surface area contributed by atoms with E-state index >= 15 is 0 Å². The van der Waals surface area contributed by atoms with Crippen LogP contribution in [0, 0.1) is 0 Å². The van der Waals surface area contributed by atoms with Crippen molar-refractivity contribution in [3.05, 3.63) is 48.2 Å². The monoisotopic (exact) mass is 230 g/mol. The molecule has 80 valence electrons. The second-order valence-electron chi connectivity index (χ2n) is 3.58. The first-order valence-electron chi connectivity index (χ1n) is 5.04. The third kappa shape index (κ3) is 1.45. The lowest BCUT2D eigenvalue weighted by atomic mass is 10.2. The molecule has 0 unspecified atom stereocenters. The fourth-order valence-electron chi connectivity index (χ4n) is 1.77. The van der Waals surface area contributed by atoms with Gasteiger partial charge in [-0.25, -0.2) is 0 Å². The number of rotatable bonds is 2. The average Bonchev–Trinajstić information content (AvgIpc) is 2.94. The molecule has 2 nitrogen and oxygen atoms in total. The minimum Gasteiger partial charge on any atom is -0.463 e. The van der Waals surface area contributed by atoms with Crippen molar-refractivity contribution < 1.29 is 9.52 Å². The first-order chi connectivity index (χ1) is 7.88. The average molecular weight is 230 g/mol. The Kier molecular flexibility index (Phi) is 2.27. The maximum Gasteiger partial charge on any atom is 0.149 e. The molecule has 16 heavy (non-hydrogen) atoms. The van der Waals surface area contributed by atoms with Crippen LogP contribution in [0.5, 0.6) is 0 Å². The van der Waals surface area contributed by atoms with Crippen molar-refractivity contribution >= 4 is 21.4 Å². The third-order valence-corrected chi connectivity index (χ3v) is 3.68. The quantitative estimate of drug-likeness (QED) is 0.729. The van der Waals surface area contributed by atoms with Gasteiger partial charge in [0.1, 0.15) is 5.76 Å². The molecule has 3 heteroatoms. The molecule has 0 spiro atoms. The number of aliphatic hydroxyl groups is 1. The first-order valence-corrected chi connectivity index (χ1v) is 5.86. The van der Waals surface area contributed by atoms with Gasteiger partial charge in [-0.3, -0.25) is 0 Å². The van der Waals surface area contributed by atoms with Gasteiger partial charge in [0.15, 0.2) is 0 Å². The summed E-state index contributed by atoms with van der Waals surface area (Å²) in [4.78, 5) is 1.07. The van der Waals surface area contributed by atoms with E-state index in [2.05, 4.69) is 18.2 Å². The minimum atomic E-state index is 0.0140. The Hall–Kier alpha value is -1.58. The number of aliphatic hydroxyl groups excluding tert-OH is 1. The molecule has 0 aliphatic carbocycles. The molecule has 0 bridgehead atoms. The van der Waals surface area contributed by atoms with Gasteiger partial charge in [0.05, 0.1) is 17.7 Å². The lowest BCUT2D eigenvalue weighted by molar-refractivity contribution is 0.281. The smallest absolute Gasteiger partial charge is 0.149 e. The summed E-state index contributed by atoms with van der Waals surface area (Å²) in [5.41, 5.74) is 0.839. The van der Waals surface area contributed by atoms with Crippen LogP contribution in [-0.2, 0) is 6.61 Å². The molecule has 0 aliphatic heterocycles. The highest BCUT2D eigenvalue weighted by molar-refractivity contribution is 7.22. The lowest BCUT2D eigenvalue weighted by Crippen LogP contribution is -1.80. The van der Waals surface area contributed by atoms with Crippen molar-refractivity contribution in [2.75, 3.05) is 0 Å². The van der Waals surface area contributed by atoms with Crippen LogP contribution < -0.4 is 0 Å². The van der Waals surface area contributed by atoms with Crippen molar-refractivity contribution in [3.8, 4) is 10.6 Å². The molecule has 0 saturated heterocycles. The first kappa shape index (κ1) is 9.63. The molecule has 0 fully saturated rings. The Morgan fingerprint density at radius 1 is 1.19 bits per heavy atom. The summed E-state index contributed by atoms with van der Waals surface area (Å²) >= 11 is 1.68. The van der Waals surface area contributed by atoms with Crippen molar-refractivity contribution in [1.29, 1.82) is 0 Å². The van der Waals surface area contributed by atoms with E-state index in [1.165, 1.54) is 10.1 Å². The number of furan rings is 1. The largest absolute Gasteiger partial charge is 0.463 e. The zero-order valence-corrected chi connectivity index (χ0v) is 9.33. The van der Waals surface area contributed by atoms with Gasteiger partial charge < -0.3 is 9.52 Å². The van der Waals surface area contributed by atoms with Crippen molar-refractivity contribution in [1.82, 2.24) is 0 Å². The minimum absolute atomic E-state index is 0.0140. The highest BCUT2D eigenvalue weighted by Crippen LogP contribution is 2.35. The number of hydrogen-bond donors (Lipinski definition) is 1.